The Hall–Kier alpha value is -2.74. The van der Waals surface area contributed by atoms with Crippen molar-refractivity contribution in [1.82, 2.24) is 15.6 Å². The number of nitrogens with one attached hydrogen (secondary N) is 2. The maximum Gasteiger partial charge on any atom is 0.270 e. The van der Waals surface area contributed by atoms with Gasteiger partial charge in [-0.3, -0.25) is 14.6 Å². The topological polar surface area (TPSA) is 105 Å². The van der Waals surface area contributed by atoms with Gasteiger partial charge in [0.1, 0.15) is 5.69 Å². The first-order valence-electron chi connectivity index (χ1n) is 8.63. The molecule has 0 aliphatic carbocycles. The van der Waals surface area contributed by atoms with E-state index < -0.39 is 21.8 Å². The third-order valence-corrected chi connectivity index (χ3v) is 6.13. The molecule has 1 atom stereocenters. The number of carbonyl (C=O) groups excluding carboxylic acids is 2. The Kier molecular flexibility index (Phi) is 5.55. The lowest BCUT2D eigenvalue weighted by Gasteiger charge is -2.11. The summed E-state index contributed by atoms with van der Waals surface area (Å²) in [5, 5.41) is 5.48. The highest BCUT2D eigenvalue weighted by Gasteiger charge is 2.29. The van der Waals surface area contributed by atoms with Crippen molar-refractivity contribution in [2.75, 3.05) is 11.5 Å². The maximum atomic E-state index is 12.4. The largest absolute Gasteiger partial charge is 0.348 e. The van der Waals surface area contributed by atoms with E-state index in [4.69, 9.17) is 0 Å². The lowest BCUT2D eigenvalue weighted by Crippen LogP contribution is -2.36. The van der Waals surface area contributed by atoms with E-state index in [1.54, 1.807) is 0 Å². The van der Waals surface area contributed by atoms with Gasteiger partial charge in [0.25, 0.3) is 11.8 Å². The van der Waals surface area contributed by atoms with Gasteiger partial charge in [-0.05, 0) is 31.0 Å². The standard InChI is InChI=1S/C19H21N3O4S/c1-13-3-2-4-14(9-13)11-21-18(23)15-5-7-20-17(10-15)19(24)22-16-6-8-27(25,26)12-16/h2-5,7,9-10,16H,6,8,11-12H2,1H3,(H,21,23)(H,22,24). The van der Waals surface area contributed by atoms with E-state index >= 15 is 0 Å². The number of amides is 2. The molecule has 2 aromatic rings. The van der Waals surface area contributed by atoms with Gasteiger partial charge in [0.2, 0.25) is 0 Å². The lowest BCUT2D eigenvalue weighted by atomic mass is 10.1. The summed E-state index contributed by atoms with van der Waals surface area (Å²) in [6.07, 6.45) is 1.78. The van der Waals surface area contributed by atoms with Crippen molar-refractivity contribution in [2.45, 2.75) is 25.9 Å². The highest BCUT2D eigenvalue weighted by Crippen LogP contribution is 2.12. The van der Waals surface area contributed by atoms with Gasteiger partial charge in [-0.2, -0.15) is 0 Å². The number of rotatable bonds is 5. The molecule has 27 heavy (non-hydrogen) atoms. The Morgan fingerprint density at radius 1 is 1.19 bits per heavy atom. The van der Waals surface area contributed by atoms with E-state index in [1.807, 2.05) is 31.2 Å². The van der Waals surface area contributed by atoms with Crippen LogP contribution in [0.3, 0.4) is 0 Å². The zero-order valence-electron chi connectivity index (χ0n) is 14.9. The van der Waals surface area contributed by atoms with Crippen molar-refractivity contribution in [1.29, 1.82) is 0 Å². The SMILES string of the molecule is Cc1cccc(CNC(=O)c2ccnc(C(=O)NC3CCS(=O)(=O)C3)c2)c1. The first-order valence-corrected chi connectivity index (χ1v) is 10.5. The average Bonchev–Trinajstić information content (AvgIpc) is 2.98. The number of sulfone groups is 1. The molecule has 1 aliphatic heterocycles. The molecular formula is C19H21N3O4S. The molecule has 0 saturated carbocycles. The Morgan fingerprint density at radius 2 is 2.00 bits per heavy atom. The Bertz CT molecular complexity index is 972. The Balaban J connectivity index is 1.62. The molecule has 1 fully saturated rings. The van der Waals surface area contributed by atoms with Gasteiger partial charge in [-0.1, -0.05) is 29.8 Å². The smallest absolute Gasteiger partial charge is 0.270 e. The van der Waals surface area contributed by atoms with Crippen LogP contribution in [0, 0.1) is 6.92 Å². The number of aryl methyl sites for hydroxylation is 1. The predicted molar refractivity (Wildman–Crippen MR) is 101 cm³/mol. The fraction of sp³-hybridized carbons (Fsp3) is 0.316. The minimum atomic E-state index is -3.08. The summed E-state index contributed by atoms with van der Waals surface area (Å²) in [6, 6.07) is 10.3. The summed E-state index contributed by atoms with van der Waals surface area (Å²) in [5.74, 6) is -0.774. The van der Waals surface area contributed by atoms with Gasteiger partial charge in [0.05, 0.1) is 11.5 Å². The maximum absolute atomic E-state index is 12.4. The van der Waals surface area contributed by atoms with Gasteiger partial charge in [-0.15, -0.1) is 0 Å². The molecule has 1 aromatic heterocycles. The molecule has 2 heterocycles. The second-order valence-corrected chi connectivity index (χ2v) is 8.90. The van der Waals surface area contributed by atoms with Crippen LogP contribution < -0.4 is 10.6 Å². The second kappa shape index (κ2) is 7.87. The molecule has 1 unspecified atom stereocenters. The first kappa shape index (κ1) is 19.0. The number of nitrogens with zero attached hydrogens (tertiary/aromatic N) is 1. The molecule has 1 aromatic carbocycles. The molecule has 0 spiro atoms. The number of pyridine rings is 1. The highest BCUT2D eigenvalue weighted by molar-refractivity contribution is 7.91. The molecule has 1 saturated heterocycles. The van der Waals surface area contributed by atoms with Gasteiger partial charge in [0.15, 0.2) is 9.84 Å². The lowest BCUT2D eigenvalue weighted by molar-refractivity contribution is 0.0936. The van der Waals surface area contributed by atoms with E-state index in [0.29, 0.717) is 18.5 Å². The van der Waals surface area contributed by atoms with Crippen LogP contribution in [-0.4, -0.2) is 42.8 Å². The summed E-state index contributed by atoms with van der Waals surface area (Å²) in [6.45, 7) is 2.36. The van der Waals surface area contributed by atoms with E-state index in [-0.39, 0.29) is 23.1 Å². The van der Waals surface area contributed by atoms with Crippen molar-refractivity contribution in [3.63, 3.8) is 0 Å². The molecular weight excluding hydrogens is 366 g/mol. The molecule has 2 N–H and O–H groups in total. The summed E-state index contributed by atoms with van der Waals surface area (Å²) < 4.78 is 23.0. The minimum Gasteiger partial charge on any atom is -0.348 e. The fourth-order valence-corrected chi connectivity index (χ4v) is 4.64. The molecule has 2 amide bonds. The molecule has 8 heteroatoms. The second-order valence-electron chi connectivity index (χ2n) is 6.67. The van der Waals surface area contributed by atoms with E-state index in [9.17, 15) is 18.0 Å². The van der Waals surface area contributed by atoms with Crippen molar-refractivity contribution >= 4 is 21.7 Å². The van der Waals surface area contributed by atoms with Crippen molar-refractivity contribution in [3.05, 3.63) is 65.0 Å². The van der Waals surface area contributed by atoms with E-state index in [1.165, 1.54) is 18.3 Å². The van der Waals surface area contributed by atoms with Crippen LogP contribution in [0.2, 0.25) is 0 Å². The number of hydrogen-bond donors (Lipinski definition) is 2. The summed E-state index contributed by atoms with van der Waals surface area (Å²) in [7, 11) is -3.08. The van der Waals surface area contributed by atoms with Gasteiger partial charge < -0.3 is 10.6 Å². The Labute approximate surface area is 158 Å². The molecule has 1 aliphatic rings. The zero-order chi connectivity index (χ0) is 19.4. The highest BCUT2D eigenvalue weighted by atomic mass is 32.2. The van der Waals surface area contributed by atoms with Crippen LogP contribution in [0.25, 0.3) is 0 Å². The monoisotopic (exact) mass is 387 g/mol. The number of benzene rings is 1. The molecule has 0 radical (unpaired) electrons. The Morgan fingerprint density at radius 3 is 2.70 bits per heavy atom. The van der Waals surface area contributed by atoms with Crippen LogP contribution in [0.15, 0.2) is 42.6 Å². The number of hydrogen-bond acceptors (Lipinski definition) is 5. The molecule has 7 nitrogen and oxygen atoms in total. The van der Waals surface area contributed by atoms with E-state index in [2.05, 4.69) is 15.6 Å². The third-order valence-electron chi connectivity index (χ3n) is 4.36. The zero-order valence-corrected chi connectivity index (χ0v) is 15.8. The van der Waals surface area contributed by atoms with Crippen molar-refractivity contribution in [2.24, 2.45) is 0 Å². The average molecular weight is 387 g/mol. The van der Waals surface area contributed by atoms with Crippen LogP contribution in [0.5, 0.6) is 0 Å². The minimum absolute atomic E-state index is 0.0601. The summed E-state index contributed by atoms with van der Waals surface area (Å²) >= 11 is 0. The summed E-state index contributed by atoms with van der Waals surface area (Å²) in [4.78, 5) is 28.6. The third kappa shape index (κ3) is 5.13. The van der Waals surface area contributed by atoms with Crippen LogP contribution >= 0.6 is 0 Å². The number of carbonyl (C=O) groups is 2. The molecule has 142 valence electrons. The van der Waals surface area contributed by atoms with E-state index in [0.717, 1.165) is 11.1 Å². The summed E-state index contributed by atoms with van der Waals surface area (Å²) in [5.41, 5.74) is 2.50. The van der Waals surface area contributed by atoms with Crippen LogP contribution in [-0.2, 0) is 16.4 Å². The predicted octanol–water partition coefficient (Wildman–Crippen LogP) is 1.24. The van der Waals surface area contributed by atoms with Crippen molar-refractivity contribution in [3.8, 4) is 0 Å². The number of aromatic nitrogens is 1. The molecule has 3 rings (SSSR count). The normalized spacial score (nSPS) is 18.0. The first-order chi connectivity index (χ1) is 12.8. The quantitative estimate of drug-likeness (QED) is 0.803. The van der Waals surface area contributed by atoms with Gasteiger partial charge in [-0.25, -0.2) is 8.42 Å². The van der Waals surface area contributed by atoms with Crippen LogP contribution in [0.4, 0.5) is 0 Å². The van der Waals surface area contributed by atoms with Crippen molar-refractivity contribution < 1.29 is 18.0 Å². The van der Waals surface area contributed by atoms with Crippen LogP contribution in [0.1, 0.15) is 38.4 Å². The van der Waals surface area contributed by atoms with Gasteiger partial charge in [0, 0.05) is 24.3 Å². The molecule has 0 bridgehead atoms. The fourth-order valence-electron chi connectivity index (χ4n) is 2.97. The van der Waals surface area contributed by atoms with Gasteiger partial charge >= 0.3 is 0 Å².